The Morgan fingerprint density at radius 1 is 1.47 bits per heavy atom. The molecule has 1 fully saturated rings. The Balaban J connectivity index is 1.85. The molecule has 1 aliphatic rings. The number of hydrogen-bond donors (Lipinski definition) is 1. The van der Waals surface area contributed by atoms with Gasteiger partial charge in [0.2, 0.25) is 0 Å². The number of hydrogen-bond acceptors (Lipinski definition) is 2. The fraction of sp³-hybridized carbons (Fsp3) is 0.583. The Morgan fingerprint density at radius 2 is 2.33 bits per heavy atom. The van der Waals surface area contributed by atoms with Crippen molar-refractivity contribution >= 4 is 17.4 Å². The second-order valence-corrected chi connectivity index (χ2v) is 4.85. The first-order valence-corrected chi connectivity index (χ1v) is 5.99. The first kappa shape index (κ1) is 10.7. The second-order valence-electron chi connectivity index (χ2n) is 4.41. The average Bonchev–Trinajstić information content (AvgIpc) is 2.63. The number of nitrogens with one attached hydrogen (secondary N) is 1. The van der Waals surface area contributed by atoms with E-state index in [1.807, 2.05) is 12.1 Å². The topological polar surface area (TPSA) is 24.9 Å². The second kappa shape index (κ2) is 4.84. The SMILES string of the molecule is CC1CCCC1CNc1ccc(Cl)cn1. The van der Waals surface area contributed by atoms with Gasteiger partial charge >= 0.3 is 0 Å². The monoisotopic (exact) mass is 224 g/mol. The zero-order valence-electron chi connectivity index (χ0n) is 9.04. The summed E-state index contributed by atoms with van der Waals surface area (Å²) in [5.74, 6) is 2.59. The summed E-state index contributed by atoms with van der Waals surface area (Å²) < 4.78 is 0. The molecule has 2 atom stereocenters. The summed E-state index contributed by atoms with van der Waals surface area (Å²) in [6, 6.07) is 3.80. The van der Waals surface area contributed by atoms with Crippen molar-refractivity contribution in [3.63, 3.8) is 0 Å². The third-order valence-electron chi connectivity index (χ3n) is 3.31. The minimum Gasteiger partial charge on any atom is -0.370 e. The van der Waals surface area contributed by atoms with Gasteiger partial charge in [0.1, 0.15) is 5.82 Å². The predicted molar refractivity (Wildman–Crippen MR) is 64.2 cm³/mol. The molecule has 2 rings (SSSR count). The van der Waals surface area contributed by atoms with Gasteiger partial charge in [-0.05, 0) is 30.4 Å². The highest BCUT2D eigenvalue weighted by Crippen LogP contribution is 2.31. The fourth-order valence-electron chi connectivity index (χ4n) is 2.24. The minimum absolute atomic E-state index is 0.690. The Kier molecular flexibility index (Phi) is 3.47. The predicted octanol–water partition coefficient (Wildman–Crippen LogP) is 3.58. The van der Waals surface area contributed by atoms with Crippen molar-refractivity contribution in [2.45, 2.75) is 26.2 Å². The quantitative estimate of drug-likeness (QED) is 0.849. The van der Waals surface area contributed by atoms with Crippen LogP contribution < -0.4 is 5.32 Å². The lowest BCUT2D eigenvalue weighted by atomic mass is 9.98. The third kappa shape index (κ3) is 2.85. The van der Waals surface area contributed by atoms with E-state index in [0.717, 1.165) is 24.2 Å². The van der Waals surface area contributed by atoms with E-state index in [2.05, 4.69) is 17.2 Å². The highest BCUT2D eigenvalue weighted by molar-refractivity contribution is 6.30. The standard InChI is InChI=1S/C12H17ClN2/c1-9-3-2-4-10(9)7-14-12-6-5-11(13)8-15-12/h5-6,8-10H,2-4,7H2,1H3,(H,14,15). The van der Waals surface area contributed by atoms with Crippen molar-refractivity contribution in [1.29, 1.82) is 0 Å². The molecule has 1 aliphatic carbocycles. The molecule has 82 valence electrons. The summed E-state index contributed by atoms with van der Waals surface area (Å²) in [7, 11) is 0. The van der Waals surface area contributed by atoms with Crippen molar-refractivity contribution in [3.8, 4) is 0 Å². The highest BCUT2D eigenvalue weighted by Gasteiger charge is 2.22. The Morgan fingerprint density at radius 3 is 2.93 bits per heavy atom. The maximum absolute atomic E-state index is 5.77. The highest BCUT2D eigenvalue weighted by atomic mass is 35.5. The van der Waals surface area contributed by atoms with Crippen LogP contribution in [-0.2, 0) is 0 Å². The molecule has 2 unspecified atom stereocenters. The van der Waals surface area contributed by atoms with Gasteiger partial charge in [0.25, 0.3) is 0 Å². The molecule has 1 aromatic heterocycles. The molecule has 1 saturated carbocycles. The molecule has 0 amide bonds. The lowest BCUT2D eigenvalue weighted by Crippen LogP contribution is -2.16. The van der Waals surface area contributed by atoms with Crippen LogP contribution in [0.3, 0.4) is 0 Å². The Labute approximate surface area is 96.1 Å². The number of anilines is 1. The molecule has 0 aliphatic heterocycles. The van der Waals surface area contributed by atoms with E-state index in [9.17, 15) is 0 Å². The van der Waals surface area contributed by atoms with Gasteiger partial charge in [-0.15, -0.1) is 0 Å². The molecule has 1 heterocycles. The van der Waals surface area contributed by atoms with Crippen molar-refractivity contribution in [2.75, 3.05) is 11.9 Å². The molecule has 0 aromatic carbocycles. The summed E-state index contributed by atoms with van der Waals surface area (Å²) in [6.45, 7) is 3.38. The smallest absolute Gasteiger partial charge is 0.125 e. The zero-order chi connectivity index (χ0) is 10.7. The molecular formula is C12H17ClN2. The lowest BCUT2D eigenvalue weighted by Gasteiger charge is -2.16. The van der Waals surface area contributed by atoms with Gasteiger partial charge in [-0.2, -0.15) is 0 Å². The number of aromatic nitrogens is 1. The Bertz CT molecular complexity index is 310. The Hall–Kier alpha value is -0.760. The molecule has 0 saturated heterocycles. The summed E-state index contributed by atoms with van der Waals surface area (Å²) >= 11 is 5.77. The molecule has 0 radical (unpaired) electrons. The zero-order valence-corrected chi connectivity index (χ0v) is 9.80. The van der Waals surface area contributed by atoms with E-state index in [1.54, 1.807) is 6.20 Å². The molecule has 3 heteroatoms. The van der Waals surface area contributed by atoms with E-state index in [4.69, 9.17) is 11.6 Å². The van der Waals surface area contributed by atoms with Crippen molar-refractivity contribution in [1.82, 2.24) is 4.98 Å². The van der Waals surface area contributed by atoms with Gasteiger partial charge in [0, 0.05) is 12.7 Å². The maximum atomic E-state index is 5.77. The van der Waals surface area contributed by atoms with Gasteiger partial charge < -0.3 is 5.32 Å². The largest absolute Gasteiger partial charge is 0.370 e. The van der Waals surface area contributed by atoms with Gasteiger partial charge in [-0.1, -0.05) is 31.4 Å². The van der Waals surface area contributed by atoms with Crippen LogP contribution in [0.4, 0.5) is 5.82 Å². The maximum Gasteiger partial charge on any atom is 0.125 e. The summed E-state index contributed by atoms with van der Waals surface area (Å²) in [5.41, 5.74) is 0. The van der Waals surface area contributed by atoms with Gasteiger partial charge in [-0.3, -0.25) is 0 Å². The normalized spacial score (nSPS) is 25.5. The van der Waals surface area contributed by atoms with Gasteiger partial charge in [0.15, 0.2) is 0 Å². The molecule has 0 bridgehead atoms. The van der Waals surface area contributed by atoms with Crippen LogP contribution in [0.25, 0.3) is 0 Å². The summed E-state index contributed by atoms with van der Waals surface area (Å²) in [5, 5.41) is 4.06. The van der Waals surface area contributed by atoms with Crippen LogP contribution in [0.15, 0.2) is 18.3 Å². The molecule has 0 spiro atoms. The molecular weight excluding hydrogens is 208 g/mol. The van der Waals surface area contributed by atoms with Crippen LogP contribution in [0.2, 0.25) is 5.02 Å². The number of pyridine rings is 1. The fourth-order valence-corrected chi connectivity index (χ4v) is 2.35. The van der Waals surface area contributed by atoms with Crippen molar-refractivity contribution in [2.24, 2.45) is 11.8 Å². The van der Waals surface area contributed by atoms with Crippen LogP contribution in [0.1, 0.15) is 26.2 Å². The first-order chi connectivity index (χ1) is 7.25. The van der Waals surface area contributed by atoms with Crippen LogP contribution in [0.5, 0.6) is 0 Å². The van der Waals surface area contributed by atoms with E-state index in [-0.39, 0.29) is 0 Å². The summed E-state index contributed by atoms with van der Waals surface area (Å²) in [4.78, 5) is 4.22. The molecule has 1 aromatic rings. The minimum atomic E-state index is 0.690. The molecule has 2 nitrogen and oxygen atoms in total. The van der Waals surface area contributed by atoms with Crippen LogP contribution in [-0.4, -0.2) is 11.5 Å². The number of rotatable bonds is 3. The van der Waals surface area contributed by atoms with Crippen LogP contribution in [0, 0.1) is 11.8 Å². The lowest BCUT2D eigenvalue weighted by molar-refractivity contribution is 0.439. The van der Waals surface area contributed by atoms with Crippen molar-refractivity contribution in [3.05, 3.63) is 23.4 Å². The molecule has 15 heavy (non-hydrogen) atoms. The van der Waals surface area contributed by atoms with Gasteiger partial charge in [-0.25, -0.2) is 4.98 Å². The average molecular weight is 225 g/mol. The third-order valence-corrected chi connectivity index (χ3v) is 3.54. The number of nitrogens with zero attached hydrogens (tertiary/aromatic N) is 1. The summed E-state index contributed by atoms with van der Waals surface area (Å²) in [6.07, 6.45) is 5.78. The van der Waals surface area contributed by atoms with Crippen LogP contribution >= 0.6 is 11.6 Å². The molecule has 1 N–H and O–H groups in total. The van der Waals surface area contributed by atoms with E-state index < -0.39 is 0 Å². The van der Waals surface area contributed by atoms with E-state index in [1.165, 1.54) is 19.3 Å². The van der Waals surface area contributed by atoms with E-state index in [0.29, 0.717) is 5.02 Å². The number of halogens is 1. The van der Waals surface area contributed by atoms with Crippen molar-refractivity contribution < 1.29 is 0 Å². The van der Waals surface area contributed by atoms with E-state index >= 15 is 0 Å². The van der Waals surface area contributed by atoms with Gasteiger partial charge in [0.05, 0.1) is 5.02 Å². The first-order valence-electron chi connectivity index (χ1n) is 5.61.